The highest BCUT2D eigenvalue weighted by Gasteiger charge is 1.96. The van der Waals surface area contributed by atoms with Crippen molar-refractivity contribution in [2.75, 3.05) is 0 Å². The number of hydrogen-bond acceptors (Lipinski definition) is 4. The number of hydrazine groups is 2. The lowest BCUT2D eigenvalue weighted by Crippen LogP contribution is -2.50. The molecule has 0 spiro atoms. The third-order valence-corrected chi connectivity index (χ3v) is 0.644. The van der Waals surface area contributed by atoms with Crippen LogP contribution < -0.4 is 21.9 Å². The molecule has 0 aromatic heterocycles. The van der Waals surface area contributed by atoms with E-state index in [1.165, 1.54) is 5.59 Å². The monoisotopic (exact) mass is 148 g/mol. The molecule has 0 heterocycles. The fraction of sp³-hybridized carbons (Fsp3) is 0.750. The Morgan fingerprint density at radius 2 is 2.00 bits per heavy atom. The van der Waals surface area contributed by atoms with Crippen LogP contribution in [-0.2, 0) is 0 Å². The number of rotatable bonds is 3. The lowest BCUT2D eigenvalue weighted by Gasteiger charge is -2.09. The molecule has 6 nitrogen and oxygen atoms in total. The Morgan fingerprint density at radius 3 is 2.40 bits per heavy atom. The van der Waals surface area contributed by atoms with Crippen LogP contribution >= 0.6 is 0 Å². The van der Waals surface area contributed by atoms with E-state index in [1.54, 1.807) is 0 Å². The number of carbonyl (C=O) groups excluding carboxylic acids is 1. The van der Waals surface area contributed by atoms with Gasteiger partial charge in [0, 0.05) is 6.04 Å². The van der Waals surface area contributed by atoms with Crippen LogP contribution in [-0.4, -0.2) is 17.3 Å². The van der Waals surface area contributed by atoms with Crippen molar-refractivity contribution in [3.8, 4) is 0 Å². The maximum atomic E-state index is 10.4. The fourth-order valence-electron chi connectivity index (χ4n) is 0.292. The Balaban J connectivity index is 3.22. The van der Waals surface area contributed by atoms with Crippen molar-refractivity contribution < 1.29 is 10.0 Å². The van der Waals surface area contributed by atoms with Gasteiger partial charge in [-0.1, -0.05) is 0 Å². The Hall–Kier alpha value is -0.850. The average Bonchev–Trinajstić information content (AvgIpc) is 1.85. The highest BCUT2D eigenvalue weighted by Crippen LogP contribution is 1.69. The molecule has 0 saturated carbocycles. The zero-order valence-corrected chi connectivity index (χ0v) is 5.93. The zero-order valence-electron chi connectivity index (χ0n) is 5.93. The average molecular weight is 148 g/mol. The largest absolute Gasteiger partial charge is 0.345 e. The third-order valence-electron chi connectivity index (χ3n) is 0.644. The number of carbonyl (C=O) groups is 1. The maximum absolute atomic E-state index is 10.4. The quantitative estimate of drug-likeness (QED) is 0.335. The van der Waals surface area contributed by atoms with Crippen molar-refractivity contribution in [1.82, 2.24) is 21.9 Å². The van der Waals surface area contributed by atoms with Crippen molar-refractivity contribution in [1.29, 1.82) is 0 Å². The summed E-state index contributed by atoms with van der Waals surface area (Å²) in [6, 6.07) is -0.388. The highest BCUT2D eigenvalue weighted by molar-refractivity contribution is 5.72. The smallest absolute Gasteiger partial charge is 0.297 e. The first-order valence-electron chi connectivity index (χ1n) is 2.87. The van der Waals surface area contributed by atoms with Crippen LogP contribution in [0.15, 0.2) is 0 Å². The van der Waals surface area contributed by atoms with Gasteiger partial charge in [0.1, 0.15) is 0 Å². The SMILES string of the molecule is CC(C)NNC(=O)NNO. The normalized spacial score (nSPS) is 9.60. The molecule has 0 bridgehead atoms. The topological polar surface area (TPSA) is 85.4 Å². The van der Waals surface area contributed by atoms with E-state index < -0.39 is 6.03 Å². The molecule has 0 radical (unpaired) electrons. The molecular formula is C4H12N4O2. The Labute approximate surface area is 58.9 Å². The van der Waals surface area contributed by atoms with Crippen molar-refractivity contribution >= 4 is 6.03 Å². The van der Waals surface area contributed by atoms with Gasteiger partial charge in [-0.15, -0.1) is 5.59 Å². The van der Waals surface area contributed by atoms with E-state index in [1.807, 2.05) is 19.3 Å². The molecule has 6 heteroatoms. The lowest BCUT2D eigenvalue weighted by molar-refractivity contribution is 0.124. The van der Waals surface area contributed by atoms with Gasteiger partial charge in [-0.25, -0.2) is 15.6 Å². The minimum Gasteiger partial charge on any atom is -0.297 e. The van der Waals surface area contributed by atoms with Gasteiger partial charge in [-0.2, -0.15) is 0 Å². The molecule has 0 aliphatic carbocycles. The number of nitrogens with one attached hydrogen (secondary N) is 4. The predicted octanol–water partition coefficient (Wildman–Crippen LogP) is -0.908. The lowest BCUT2D eigenvalue weighted by atomic mass is 10.4. The van der Waals surface area contributed by atoms with E-state index in [2.05, 4.69) is 10.9 Å². The van der Waals surface area contributed by atoms with Gasteiger partial charge in [0.25, 0.3) is 0 Å². The molecule has 0 aliphatic rings. The molecule has 5 N–H and O–H groups in total. The van der Waals surface area contributed by atoms with Crippen molar-refractivity contribution in [3.63, 3.8) is 0 Å². The van der Waals surface area contributed by atoms with Crippen molar-refractivity contribution in [2.45, 2.75) is 19.9 Å². The summed E-state index contributed by atoms with van der Waals surface area (Å²) < 4.78 is 0. The summed E-state index contributed by atoms with van der Waals surface area (Å²) in [5.41, 5.74) is 8.26. The van der Waals surface area contributed by atoms with Crippen molar-refractivity contribution in [3.05, 3.63) is 0 Å². The summed E-state index contributed by atoms with van der Waals surface area (Å²) in [5, 5.41) is 7.95. The summed E-state index contributed by atoms with van der Waals surface area (Å²) in [6.07, 6.45) is 0. The van der Waals surface area contributed by atoms with Gasteiger partial charge in [0.05, 0.1) is 0 Å². The van der Waals surface area contributed by atoms with E-state index in [4.69, 9.17) is 5.21 Å². The van der Waals surface area contributed by atoms with Crippen LogP contribution in [0.3, 0.4) is 0 Å². The predicted molar refractivity (Wildman–Crippen MR) is 34.9 cm³/mol. The number of urea groups is 1. The van der Waals surface area contributed by atoms with Gasteiger partial charge in [-0.3, -0.25) is 10.6 Å². The van der Waals surface area contributed by atoms with E-state index in [0.717, 1.165) is 0 Å². The molecule has 0 aliphatic heterocycles. The van der Waals surface area contributed by atoms with Crippen LogP contribution in [0.4, 0.5) is 4.79 Å². The molecule has 0 rings (SSSR count). The van der Waals surface area contributed by atoms with E-state index in [9.17, 15) is 4.79 Å². The third kappa shape index (κ3) is 5.29. The molecular weight excluding hydrogens is 136 g/mol. The van der Waals surface area contributed by atoms with Gasteiger partial charge in [0.2, 0.25) is 0 Å². The van der Waals surface area contributed by atoms with Gasteiger partial charge in [0.15, 0.2) is 0 Å². The van der Waals surface area contributed by atoms with Crippen LogP contribution in [0, 0.1) is 0 Å². The molecule has 10 heavy (non-hydrogen) atoms. The molecule has 0 unspecified atom stereocenters. The maximum Gasteiger partial charge on any atom is 0.345 e. The first-order chi connectivity index (χ1) is 4.66. The molecule has 0 aromatic rings. The number of hydrogen-bond donors (Lipinski definition) is 5. The van der Waals surface area contributed by atoms with Crippen LogP contribution in [0.2, 0.25) is 0 Å². The summed E-state index contributed by atoms with van der Waals surface area (Å²) in [4.78, 5) is 10.4. The van der Waals surface area contributed by atoms with Crippen LogP contribution in [0.1, 0.15) is 13.8 Å². The van der Waals surface area contributed by atoms with Gasteiger partial charge < -0.3 is 0 Å². The highest BCUT2D eigenvalue weighted by atomic mass is 16.5. The second-order valence-corrected chi connectivity index (χ2v) is 1.99. The summed E-state index contributed by atoms with van der Waals surface area (Å²) in [5.74, 6) is 0. The molecule has 0 saturated heterocycles. The van der Waals surface area contributed by atoms with E-state index >= 15 is 0 Å². The molecule has 2 amide bonds. The first-order valence-corrected chi connectivity index (χ1v) is 2.87. The minimum atomic E-state index is -0.545. The summed E-state index contributed by atoms with van der Waals surface area (Å²) in [6.45, 7) is 3.74. The van der Waals surface area contributed by atoms with E-state index in [-0.39, 0.29) is 6.04 Å². The Kier molecular flexibility index (Phi) is 4.55. The second kappa shape index (κ2) is 4.98. The zero-order chi connectivity index (χ0) is 7.98. The minimum absolute atomic E-state index is 0.157. The summed E-state index contributed by atoms with van der Waals surface area (Å²) in [7, 11) is 0. The number of amides is 2. The fourth-order valence-corrected chi connectivity index (χ4v) is 0.292. The summed E-state index contributed by atoms with van der Waals surface area (Å²) >= 11 is 0. The van der Waals surface area contributed by atoms with Crippen molar-refractivity contribution in [2.24, 2.45) is 0 Å². The molecule has 60 valence electrons. The molecule has 0 atom stereocenters. The van der Waals surface area contributed by atoms with Gasteiger partial charge in [-0.05, 0) is 13.8 Å². The standard InChI is InChI=1S/C4H12N4O2/c1-3(2)5-6-4(9)7-8-10/h3,5,8,10H,1-2H3,(H2,6,7,9). The van der Waals surface area contributed by atoms with Gasteiger partial charge >= 0.3 is 6.03 Å². The van der Waals surface area contributed by atoms with E-state index in [0.29, 0.717) is 0 Å². The second-order valence-electron chi connectivity index (χ2n) is 1.99. The Bertz CT molecular complexity index is 105. The molecule has 0 aromatic carbocycles. The first kappa shape index (κ1) is 9.15. The molecule has 0 fully saturated rings. The van der Waals surface area contributed by atoms with Crippen LogP contribution in [0.5, 0.6) is 0 Å². The Morgan fingerprint density at radius 1 is 1.40 bits per heavy atom. The van der Waals surface area contributed by atoms with Crippen LogP contribution in [0.25, 0.3) is 0 Å².